The molecule has 0 saturated heterocycles. The van der Waals surface area contributed by atoms with E-state index in [4.69, 9.17) is 0 Å². The molecule has 0 heterocycles. The van der Waals surface area contributed by atoms with Gasteiger partial charge in [0, 0.05) is 11.3 Å². The number of benzene rings is 1. The van der Waals surface area contributed by atoms with Crippen molar-refractivity contribution in [2.24, 2.45) is 0 Å². The normalized spacial score (nSPS) is 18.5. The van der Waals surface area contributed by atoms with E-state index in [2.05, 4.69) is 15.9 Å². The van der Waals surface area contributed by atoms with Gasteiger partial charge in [0.25, 0.3) is 0 Å². The van der Waals surface area contributed by atoms with E-state index in [0.29, 0.717) is 0 Å². The molecule has 1 aliphatic carbocycles. The van der Waals surface area contributed by atoms with Crippen molar-refractivity contribution >= 4 is 33.3 Å². The Labute approximate surface area is 138 Å². The first-order valence-electron chi connectivity index (χ1n) is 6.24. The summed E-state index contributed by atoms with van der Waals surface area (Å²) in [6.45, 7) is 0. The topological polar surface area (TPSA) is 46.2 Å². The molecule has 1 amide bonds. The first kappa shape index (κ1) is 18.7. The quantitative estimate of drug-likeness (QED) is 0.593. The van der Waals surface area contributed by atoms with Crippen molar-refractivity contribution in [1.29, 1.82) is 0 Å². The van der Waals surface area contributed by atoms with Crippen molar-refractivity contribution in [1.82, 2.24) is 0 Å². The van der Waals surface area contributed by atoms with E-state index in [1.54, 1.807) is 0 Å². The fourth-order valence-electron chi connectivity index (χ4n) is 2.12. The molecular weight excluding hydrogens is 415 g/mol. The summed E-state index contributed by atoms with van der Waals surface area (Å²) >= 11 is 3.00. The van der Waals surface area contributed by atoms with Gasteiger partial charge in [0.2, 0.25) is 0 Å². The van der Waals surface area contributed by atoms with Crippen LogP contribution in [0.1, 0.15) is 15.9 Å². The zero-order valence-corrected chi connectivity index (χ0v) is 12.9. The standard InChI is InChI=1S/C13H7BrF7NO2/c14-7-4-6-5(9(7)23)2-1-3-8(6)22-10(24)11(15,16)12(17,18)13(19,20)21/h1-3,7H,4H2,(H,22,24). The summed E-state index contributed by atoms with van der Waals surface area (Å²) < 4.78 is 88.6. The molecule has 3 nitrogen and oxygen atoms in total. The number of fused-ring (bicyclic) bond motifs is 1. The lowest BCUT2D eigenvalue weighted by Gasteiger charge is -2.27. The summed E-state index contributed by atoms with van der Waals surface area (Å²) in [5, 5.41) is 1.36. The van der Waals surface area contributed by atoms with Crippen LogP contribution in [0.2, 0.25) is 0 Å². The van der Waals surface area contributed by atoms with Crippen LogP contribution in [-0.2, 0) is 11.2 Å². The number of hydrogen-bond acceptors (Lipinski definition) is 2. The molecule has 0 spiro atoms. The number of Topliss-reactive ketones (excluding diaryl/α,β-unsaturated/α-hetero) is 1. The average Bonchev–Trinajstić information content (AvgIpc) is 2.74. The Morgan fingerprint density at radius 1 is 1.12 bits per heavy atom. The van der Waals surface area contributed by atoms with Crippen LogP contribution in [0.3, 0.4) is 0 Å². The van der Waals surface area contributed by atoms with Gasteiger partial charge in [0.1, 0.15) is 0 Å². The molecular formula is C13H7BrF7NO2. The molecule has 1 N–H and O–H groups in total. The van der Waals surface area contributed by atoms with Crippen LogP contribution in [0.4, 0.5) is 36.4 Å². The molecule has 132 valence electrons. The Bertz CT molecular complexity index is 702. The number of anilines is 1. The van der Waals surface area contributed by atoms with E-state index in [1.807, 2.05) is 0 Å². The highest BCUT2D eigenvalue weighted by Gasteiger charge is 2.76. The van der Waals surface area contributed by atoms with Crippen molar-refractivity contribution in [3.05, 3.63) is 29.3 Å². The lowest BCUT2D eigenvalue weighted by atomic mass is 10.1. The summed E-state index contributed by atoms with van der Waals surface area (Å²) in [6.07, 6.45) is -6.64. The summed E-state index contributed by atoms with van der Waals surface area (Å²) in [6, 6.07) is 3.52. The van der Waals surface area contributed by atoms with Gasteiger partial charge in [-0.1, -0.05) is 28.1 Å². The molecule has 1 unspecified atom stereocenters. The Kier molecular flexibility index (Phi) is 4.45. The minimum atomic E-state index is -6.61. The Morgan fingerprint density at radius 2 is 1.71 bits per heavy atom. The fourth-order valence-corrected chi connectivity index (χ4v) is 2.69. The molecule has 0 aromatic heterocycles. The number of rotatable bonds is 3. The second-order valence-electron chi connectivity index (χ2n) is 4.97. The van der Waals surface area contributed by atoms with E-state index in [-0.39, 0.29) is 17.5 Å². The highest BCUT2D eigenvalue weighted by molar-refractivity contribution is 9.10. The van der Waals surface area contributed by atoms with Crippen LogP contribution in [0.25, 0.3) is 0 Å². The lowest BCUT2D eigenvalue weighted by Crippen LogP contribution is -2.57. The number of ketones is 1. The van der Waals surface area contributed by atoms with Crippen molar-refractivity contribution in [3.63, 3.8) is 0 Å². The first-order chi connectivity index (χ1) is 10.8. The number of carbonyl (C=O) groups excluding carboxylic acids is 2. The Hall–Kier alpha value is -1.65. The Balaban J connectivity index is 2.34. The number of nitrogens with one attached hydrogen (secondary N) is 1. The largest absolute Gasteiger partial charge is 0.460 e. The van der Waals surface area contributed by atoms with Gasteiger partial charge in [0.15, 0.2) is 5.78 Å². The highest BCUT2D eigenvalue weighted by atomic mass is 79.9. The minimum absolute atomic E-state index is 0.0359. The molecule has 0 bridgehead atoms. The van der Waals surface area contributed by atoms with Crippen LogP contribution in [-0.4, -0.2) is 34.5 Å². The maximum Gasteiger partial charge on any atom is 0.460 e. The maximum atomic E-state index is 13.3. The van der Waals surface area contributed by atoms with Gasteiger partial charge in [-0.3, -0.25) is 9.59 Å². The minimum Gasteiger partial charge on any atom is -0.320 e. The fraction of sp³-hybridized carbons (Fsp3) is 0.385. The predicted octanol–water partition coefficient (Wildman–Crippen LogP) is 3.96. The number of amides is 1. The van der Waals surface area contributed by atoms with E-state index in [9.17, 15) is 40.3 Å². The van der Waals surface area contributed by atoms with Crippen molar-refractivity contribution < 1.29 is 40.3 Å². The number of alkyl halides is 8. The highest BCUT2D eigenvalue weighted by Crippen LogP contribution is 2.47. The number of carbonyl (C=O) groups is 2. The van der Waals surface area contributed by atoms with E-state index < -0.39 is 40.2 Å². The summed E-state index contributed by atoms with van der Waals surface area (Å²) in [5.74, 6) is -15.8. The van der Waals surface area contributed by atoms with Gasteiger partial charge in [-0.25, -0.2) is 0 Å². The van der Waals surface area contributed by atoms with Crippen LogP contribution in [0, 0.1) is 0 Å². The molecule has 2 rings (SSSR count). The third kappa shape index (κ3) is 2.78. The summed E-state index contributed by atoms with van der Waals surface area (Å²) in [7, 11) is 0. The molecule has 1 aromatic rings. The van der Waals surface area contributed by atoms with Gasteiger partial charge >= 0.3 is 23.9 Å². The first-order valence-corrected chi connectivity index (χ1v) is 7.16. The molecule has 11 heteroatoms. The van der Waals surface area contributed by atoms with Crippen LogP contribution in [0.5, 0.6) is 0 Å². The molecule has 1 aromatic carbocycles. The van der Waals surface area contributed by atoms with Crippen molar-refractivity contribution in [2.45, 2.75) is 29.3 Å². The second-order valence-corrected chi connectivity index (χ2v) is 6.07. The summed E-state index contributed by atoms with van der Waals surface area (Å²) in [5.41, 5.74) is -0.296. The van der Waals surface area contributed by atoms with Crippen molar-refractivity contribution in [3.8, 4) is 0 Å². The zero-order valence-electron chi connectivity index (χ0n) is 11.4. The molecule has 0 radical (unpaired) electrons. The third-order valence-corrected chi connectivity index (χ3v) is 4.13. The Morgan fingerprint density at radius 3 is 2.25 bits per heavy atom. The van der Waals surface area contributed by atoms with Crippen LogP contribution >= 0.6 is 15.9 Å². The van der Waals surface area contributed by atoms with Gasteiger partial charge in [-0.15, -0.1) is 0 Å². The number of halogens is 8. The monoisotopic (exact) mass is 421 g/mol. The smallest absolute Gasteiger partial charge is 0.320 e. The molecule has 1 atom stereocenters. The lowest BCUT2D eigenvalue weighted by molar-refractivity contribution is -0.343. The average molecular weight is 422 g/mol. The SMILES string of the molecule is O=C1c2cccc(NC(=O)C(F)(F)C(F)(F)C(F)(F)F)c2CC1Br. The van der Waals surface area contributed by atoms with Crippen LogP contribution in [0.15, 0.2) is 18.2 Å². The van der Waals surface area contributed by atoms with Gasteiger partial charge in [-0.2, -0.15) is 30.7 Å². The summed E-state index contributed by atoms with van der Waals surface area (Å²) in [4.78, 5) is 22.4. The molecule has 0 saturated carbocycles. The van der Waals surface area contributed by atoms with Gasteiger partial charge < -0.3 is 5.32 Å². The second kappa shape index (κ2) is 5.71. The van der Waals surface area contributed by atoms with E-state index in [0.717, 1.165) is 6.07 Å². The van der Waals surface area contributed by atoms with Crippen LogP contribution < -0.4 is 5.32 Å². The van der Waals surface area contributed by atoms with E-state index >= 15 is 0 Å². The number of hydrogen-bond donors (Lipinski definition) is 1. The van der Waals surface area contributed by atoms with Crippen molar-refractivity contribution in [2.75, 3.05) is 5.32 Å². The van der Waals surface area contributed by atoms with E-state index in [1.165, 1.54) is 17.4 Å². The third-order valence-electron chi connectivity index (χ3n) is 3.39. The van der Waals surface area contributed by atoms with Gasteiger partial charge in [-0.05, 0) is 18.1 Å². The molecule has 24 heavy (non-hydrogen) atoms. The molecule has 1 aliphatic rings. The maximum absolute atomic E-state index is 13.3. The molecule has 0 fully saturated rings. The molecule has 0 aliphatic heterocycles. The zero-order chi connectivity index (χ0) is 18.5. The predicted molar refractivity (Wildman–Crippen MR) is 71.8 cm³/mol. The van der Waals surface area contributed by atoms with Gasteiger partial charge in [0.05, 0.1) is 4.83 Å².